The van der Waals surface area contributed by atoms with E-state index in [4.69, 9.17) is 10.00 Å². The maximum Gasteiger partial charge on any atom is 0.140 e. The molecule has 0 atom stereocenters. The number of ether oxygens (including phenoxy) is 1. The van der Waals surface area contributed by atoms with Gasteiger partial charge in [0.1, 0.15) is 11.9 Å². The summed E-state index contributed by atoms with van der Waals surface area (Å²) in [6.45, 7) is 0.398. The molecule has 0 aliphatic heterocycles. The SMILES string of the molecule is COCc1ccc(F)c(C#N)c1. The Hall–Kier alpha value is -1.40. The highest BCUT2D eigenvalue weighted by atomic mass is 19.1. The molecule has 1 aromatic carbocycles. The van der Waals surface area contributed by atoms with Crippen LogP contribution < -0.4 is 0 Å². The first kappa shape index (κ1) is 8.69. The molecule has 3 heteroatoms. The lowest BCUT2D eigenvalue weighted by Gasteiger charge is -1.99. The van der Waals surface area contributed by atoms with Crippen LogP contribution >= 0.6 is 0 Å². The molecule has 0 saturated heterocycles. The summed E-state index contributed by atoms with van der Waals surface area (Å²) >= 11 is 0. The van der Waals surface area contributed by atoms with Crippen molar-refractivity contribution < 1.29 is 9.13 Å². The van der Waals surface area contributed by atoms with Crippen molar-refractivity contribution in [2.75, 3.05) is 7.11 Å². The van der Waals surface area contributed by atoms with E-state index in [2.05, 4.69) is 0 Å². The third kappa shape index (κ3) is 1.80. The molecular formula is C9H8FNO. The number of nitrogens with zero attached hydrogens (tertiary/aromatic N) is 1. The van der Waals surface area contributed by atoms with Crippen molar-refractivity contribution in [1.82, 2.24) is 0 Å². The lowest BCUT2D eigenvalue weighted by molar-refractivity contribution is 0.185. The lowest BCUT2D eigenvalue weighted by Crippen LogP contribution is -1.90. The minimum absolute atomic E-state index is 0.0598. The molecule has 0 amide bonds. The van der Waals surface area contributed by atoms with Gasteiger partial charge in [-0.05, 0) is 17.7 Å². The van der Waals surface area contributed by atoms with E-state index in [1.807, 2.05) is 0 Å². The molecule has 0 radical (unpaired) electrons. The van der Waals surface area contributed by atoms with Crippen molar-refractivity contribution in [1.29, 1.82) is 5.26 Å². The highest BCUT2D eigenvalue weighted by Crippen LogP contribution is 2.09. The van der Waals surface area contributed by atoms with Crippen molar-refractivity contribution >= 4 is 0 Å². The van der Waals surface area contributed by atoms with Gasteiger partial charge in [0, 0.05) is 7.11 Å². The fourth-order valence-electron chi connectivity index (χ4n) is 0.915. The fraction of sp³-hybridized carbons (Fsp3) is 0.222. The first-order chi connectivity index (χ1) is 5.77. The van der Waals surface area contributed by atoms with E-state index in [0.717, 1.165) is 5.56 Å². The van der Waals surface area contributed by atoms with Crippen molar-refractivity contribution in [3.8, 4) is 6.07 Å². The van der Waals surface area contributed by atoms with Gasteiger partial charge in [0.25, 0.3) is 0 Å². The highest BCUT2D eigenvalue weighted by molar-refractivity contribution is 5.34. The van der Waals surface area contributed by atoms with Crippen LogP contribution in [0.15, 0.2) is 18.2 Å². The average Bonchev–Trinajstić information content (AvgIpc) is 2.09. The standard InChI is InChI=1S/C9H8FNO/c1-12-6-7-2-3-9(10)8(4-7)5-11/h2-4H,6H2,1H3. The van der Waals surface area contributed by atoms with E-state index in [9.17, 15) is 4.39 Å². The summed E-state index contributed by atoms with van der Waals surface area (Å²) in [5.41, 5.74) is 0.861. The Kier molecular flexibility index (Phi) is 2.78. The van der Waals surface area contributed by atoms with Crippen LogP contribution in [0.25, 0.3) is 0 Å². The lowest BCUT2D eigenvalue weighted by atomic mass is 10.1. The molecule has 1 rings (SSSR count). The summed E-state index contributed by atoms with van der Waals surface area (Å²) in [4.78, 5) is 0. The monoisotopic (exact) mass is 165 g/mol. The van der Waals surface area contributed by atoms with Crippen LogP contribution in [-0.2, 0) is 11.3 Å². The minimum atomic E-state index is -0.489. The van der Waals surface area contributed by atoms with Crippen molar-refractivity contribution in [2.45, 2.75) is 6.61 Å². The number of methoxy groups -OCH3 is 1. The molecule has 0 aliphatic rings. The summed E-state index contributed by atoms with van der Waals surface area (Å²) in [7, 11) is 1.55. The Labute approximate surface area is 70.2 Å². The molecule has 0 spiro atoms. The van der Waals surface area contributed by atoms with Gasteiger partial charge in [-0.15, -0.1) is 0 Å². The predicted molar refractivity (Wildman–Crippen MR) is 41.8 cm³/mol. The Morgan fingerprint density at radius 3 is 2.92 bits per heavy atom. The van der Waals surface area contributed by atoms with Gasteiger partial charge in [0.05, 0.1) is 12.2 Å². The van der Waals surface area contributed by atoms with Gasteiger partial charge in [-0.3, -0.25) is 0 Å². The predicted octanol–water partition coefficient (Wildman–Crippen LogP) is 1.84. The second kappa shape index (κ2) is 3.84. The molecule has 0 fully saturated rings. The molecule has 0 bridgehead atoms. The zero-order chi connectivity index (χ0) is 8.97. The first-order valence-electron chi connectivity index (χ1n) is 3.45. The average molecular weight is 165 g/mol. The third-order valence-electron chi connectivity index (χ3n) is 1.46. The van der Waals surface area contributed by atoms with Crippen LogP contribution in [0.5, 0.6) is 0 Å². The topological polar surface area (TPSA) is 33.0 Å². The number of hydrogen-bond acceptors (Lipinski definition) is 2. The van der Waals surface area contributed by atoms with Crippen LogP contribution in [0.2, 0.25) is 0 Å². The van der Waals surface area contributed by atoms with E-state index in [0.29, 0.717) is 6.61 Å². The smallest absolute Gasteiger partial charge is 0.140 e. The van der Waals surface area contributed by atoms with E-state index >= 15 is 0 Å². The summed E-state index contributed by atoms with van der Waals surface area (Å²) in [6.07, 6.45) is 0. The Bertz CT molecular complexity index is 317. The Balaban J connectivity index is 2.99. The first-order valence-corrected chi connectivity index (χ1v) is 3.45. The molecule has 0 aromatic heterocycles. The van der Waals surface area contributed by atoms with Crippen molar-refractivity contribution in [3.63, 3.8) is 0 Å². The van der Waals surface area contributed by atoms with E-state index in [-0.39, 0.29) is 5.56 Å². The third-order valence-corrected chi connectivity index (χ3v) is 1.46. The molecule has 62 valence electrons. The molecule has 0 N–H and O–H groups in total. The molecule has 2 nitrogen and oxygen atoms in total. The molecule has 0 unspecified atom stereocenters. The maximum atomic E-state index is 12.7. The largest absolute Gasteiger partial charge is 0.380 e. The Morgan fingerprint density at radius 2 is 2.33 bits per heavy atom. The van der Waals surface area contributed by atoms with Gasteiger partial charge in [-0.25, -0.2) is 4.39 Å². The molecular weight excluding hydrogens is 157 g/mol. The highest BCUT2D eigenvalue weighted by Gasteiger charge is 2.01. The van der Waals surface area contributed by atoms with Gasteiger partial charge in [-0.2, -0.15) is 5.26 Å². The number of benzene rings is 1. The van der Waals surface area contributed by atoms with Gasteiger partial charge < -0.3 is 4.74 Å². The molecule has 12 heavy (non-hydrogen) atoms. The summed E-state index contributed by atoms with van der Waals surface area (Å²) in [5, 5.41) is 8.48. The van der Waals surface area contributed by atoms with Crippen LogP contribution in [0.4, 0.5) is 4.39 Å². The summed E-state index contributed by atoms with van der Waals surface area (Å²) < 4.78 is 17.6. The van der Waals surface area contributed by atoms with Crippen LogP contribution in [-0.4, -0.2) is 7.11 Å². The van der Waals surface area contributed by atoms with Gasteiger partial charge >= 0.3 is 0 Å². The van der Waals surface area contributed by atoms with E-state index in [1.54, 1.807) is 19.2 Å². The zero-order valence-corrected chi connectivity index (χ0v) is 6.67. The van der Waals surface area contributed by atoms with Crippen LogP contribution in [0.1, 0.15) is 11.1 Å². The Morgan fingerprint density at radius 1 is 1.58 bits per heavy atom. The number of nitriles is 1. The van der Waals surface area contributed by atoms with Gasteiger partial charge in [0.15, 0.2) is 0 Å². The quantitative estimate of drug-likeness (QED) is 0.669. The summed E-state index contributed by atoms with van der Waals surface area (Å²) in [6, 6.07) is 6.12. The van der Waals surface area contributed by atoms with Crippen LogP contribution in [0.3, 0.4) is 0 Å². The molecule has 0 saturated carbocycles. The fourth-order valence-corrected chi connectivity index (χ4v) is 0.915. The second-order valence-corrected chi connectivity index (χ2v) is 2.36. The maximum absolute atomic E-state index is 12.7. The van der Waals surface area contributed by atoms with Gasteiger partial charge in [0.2, 0.25) is 0 Å². The number of halogens is 1. The normalized spacial score (nSPS) is 9.42. The zero-order valence-electron chi connectivity index (χ0n) is 6.67. The summed E-state index contributed by atoms with van der Waals surface area (Å²) in [5.74, 6) is -0.489. The second-order valence-electron chi connectivity index (χ2n) is 2.36. The molecule has 0 heterocycles. The van der Waals surface area contributed by atoms with E-state index in [1.165, 1.54) is 12.1 Å². The van der Waals surface area contributed by atoms with Crippen molar-refractivity contribution in [2.24, 2.45) is 0 Å². The van der Waals surface area contributed by atoms with Crippen molar-refractivity contribution in [3.05, 3.63) is 35.1 Å². The number of hydrogen-bond donors (Lipinski definition) is 0. The molecule has 0 aliphatic carbocycles. The van der Waals surface area contributed by atoms with Gasteiger partial charge in [-0.1, -0.05) is 6.07 Å². The van der Waals surface area contributed by atoms with E-state index < -0.39 is 5.82 Å². The molecule has 1 aromatic rings. The van der Waals surface area contributed by atoms with Crippen LogP contribution in [0, 0.1) is 17.1 Å². The number of rotatable bonds is 2. The minimum Gasteiger partial charge on any atom is -0.380 e.